The summed E-state index contributed by atoms with van der Waals surface area (Å²) < 4.78 is 18.8. The van der Waals surface area contributed by atoms with Gasteiger partial charge in [-0.25, -0.2) is 4.39 Å². The van der Waals surface area contributed by atoms with Crippen molar-refractivity contribution in [2.75, 3.05) is 0 Å². The van der Waals surface area contributed by atoms with Crippen molar-refractivity contribution in [3.63, 3.8) is 0 Å². The van der Waals surface area contributed by atoms with E-state index in [1.807, 2.05) is 25.1 Å². The Balaban J connectivity index is 2.16. The van der Waals surface area contributed by atoms with Gasteiger partial charge in [-0.2, -0.15) is 0 Å². The van der Waals surface area contributed by atoms with Gasteiger partial charge in [0.05, 0.1) is 10.9 Å². The third-order valence-electron chi connectivity index (χ3n) is 2.80. The predicted molar refractivity (Wildman–Crippen MR) is 76.5 cm³/mol. The van der Waals surface area contributed by atoms with Crippen LogP contribution in [-0.4, -0.2) is 0 Å². The maximum absolute atomic E-state index is 13.1. The van der Waals surface area contributed by atoms with Crippen LogP contribution in [0, 0.1) is 12.7 Å². The summed E-state index contributed by atoms with van der Waals surface area (Å²) in [5, 5.41) is 0.100. The first kappa shape index (κ1) is 14.2. The van der Waals surface area contributed by atoms with Crippen molar-refractivity contribution in [3.8, 4) is 5.75 Å². The molecular formula is C15H13Cl2FO. The van der Waals surface area contributed by atoms with Crippen LogP contribution in [-0.2, 0) is 12.5 Å². The molecule has 0 aromatic heterocycles. The number of alkyl halides is 1. The molecule has 0 saturated heterocycles. The Hall–Kier alpha value is -1.25. The van der Waals surface area contributed by atoms with Crippen molar-refractivity contribution in [2.45, 2.75) is 19.4 Å². The molecule has 0 spiro atoms. The number of ether oxygens (including phenoxy) is 1. The molecule has 0 atom stereocenters. The lowest BCUT2D eigenvalue weighted by Gasteiger charge is -2.13. The molecule has 0 N–H and O–H groups in total. The van der Waals surface area contributed by atoms with Gasteiger partial charge in [-0.05, 0) is 30.2 Å². The highest BCUT2D eigenvalue weighted by Crippen LogP contribution is 2.26. The van der Waals surface area contributed by atoms with Crippen LogP contribution in [0.25, 0.3) is 0 Å². The molecule has 1 nitrogen and oxygen atoms in total. The van der Waals surface area contributed by atoms with Crippen LogP contribution in [0.5, 0.6) is 5.75 Å². The topological polar surface area (TPSA) is 9.23 Å². The molecule has 0 fully saturated rings. The Morgan fingerprint density at radius 3 is 2.68 bits per heavy atom. The fourth-order valence-electron chi connectivity index (χ4n) is 1.81. The van der Waals surface area contributed by atoms with Crippen LogP contribution in [0.4, 0.5) is 4.39 Å². The summed E-state index contributed by atoms with van der Waals surface area (Å²) in [6, 6.07) is 10.4. The van der Waals surface area contributed by atoms with Gasteiger partial charge in [0.2, 0.25) is 0 Å². The van der Waals surface area contributed by atoms with E-state index >= 15 is 0 Å². The molecule has 0 heterocycles. The van der Waals surface area contributed by atoms with Gasteiger partial charge in [-0.15, -0.1) is 11.6 Å². The highest BCUT2D eigenvalue weighted by Gasteiger charge is 2.07. The minimum Gasteiger partial charge on any atom is -0.488 e. The minimum atomic E-state index is -0.428. The standard InChI is InChI=1S/C15H13Cl2FO/c1-10-3-2-4-12(8-16)15(10)19-9-11-5-6-14(18)13(17)7-11/h2-7H,8-9H2,1H3. The van der Waals surface area contributed by atoms with Crippen molar-refractivity contribution >= 4 is 23.2 Å². The first-order valence-electron chi connectivity index (χ1n) is 5.83. The molecular weight excluding hydrogens is 286 g/mol. The molecule has 2 rings (SSSR count). The zero-order valence-electron chi connectivity index (χ0n) is 10.4. The number of rotatable bonds is 4. The van der Waals surface area contributed by atoms with Crippen molar-refractivity contribution in [3.05, 3.63) is 63.9 Å². The van der Waals surface area contributed by atoms with Crippen molar-refractivity contribution in [2.24, 2.45) is 0 Å². The van der Waals surface area contributed by atoms with E-state index in [0.717, 1.165) is 22.4 Å². The largest absolute Gasteiger partial charge is 0.488 e. The summed E-state index contributed by atoms with van der Waals surface area (Å²) in [6.07, 6.45) is 0. The van der Waals surface area contributed by atoms with Gasteiger partial charge >= 0.3 is 0 Å². The molecule has 0 aliphatic heterocycles. The molecule has 4 heteroatoms. The molecule has 0 unspecified atom stereocenters. The third-order valence-corrected chi connectivity index (χ3v) is 3.38. The van der Waals surface area contributed by atoms with E-state index in [2.05, 4.69) is 0 Å². The fraction of sp³-hybridized carbons (Fsp3) is 0.200. The highest BCUT2D eigenvalue weighted by atomic mass is 35.5. The second kappa shape index (κ2) is 6.27. The van der Waals surface area contributed by atoms with Gasteiger partial charge in [0.15, 0.2) is 0 Å². The molecule has 2 aromatic carbocycles. The normalized spacial score (nSPS) is 10.5. The average Bonchev–Trinajstić information content (AvgIpc) is 2.41. The van der Waals surface area contributed by atoms with Crippen molar-refractivity contribution in [1.29, 1.82) is 0 Å². The maximum Gasteiger partial charge on any atom is 0.141 e. The Morgan fingerprint density at radius 2 is 2.00 bits per heavy atom. The van der Waals surface area contributed by atoms with Crippen LogP contribution >= 0.6 is 23.2 Å². The number of para-hydroxylation sites is 1. The summed E-state index contributed by atoms with van der Waals surface area (Å²) in [5.41, 5.74) is 2.77. The summed E-state index contributed by atoms with van der Waals surface area (Å²) in [5.74, 6) is 0.738. The maximum atomic E-state index is 13.1. The number of hydrogen-bond donors (Lipinski definition) is 0. The molecule has 0 saturated carbocycles. The number of benzene rings is 2. The van der Waals surface area contributed by atoms with Crippen LogP contribution in [0.15, 0.2) is 36.4 Å². The number of aryl methyl sites for hydroxylation is 1. The molecule has 0 aliphatic carbocycles. The Bertz CT molecular complexity index is 584. The van der Waals surface area contributed by atoms with Crippen molar-refractivity contribution < 1.29 is 9.13 Å². The lowest BCUT2D eigenvalue weighted by atomic mass is 10.1. The van der Waals surface area contributed by atoms with Gasteiger partial charge in [0.1, 0.15) is 18.2 Å². The smallest absolute Gasteiger partial charge is 0.141 e. The predicted octanol–water partition coefficient (Wildman–Crippen LogP) is 5.11. The van der Waals surface area contributed by atoms with E-state index in [4.69, 9.17) is 27.9 Å². The summed E-state index contributed by atoms with van der Waals surface area (Å²) in [4.78, 5) is 0. The van der Waals surface area contributed by atoms with Gasteiger partial charge in [-0.3, -0.25) is 0 Å². The first-order valence-corrected chi connectivity index (χ1v) is 6.74. The number of halogens is 3. The minimum absolute atomic E-state index is 0.100. The molecule has 0 bridgehead atoms. The van der Waals surface area contributed by atoms with E-state index in [1.54, 1.807) is 12.1 Å². The van der Waals surface area contributed by atoms with Crippen LogP contribution < -0.4 is 4.74 Å². The Morgan fingerprint density at radius 1 is 1.21 bits per heavy atom. The lowest BCUT2D eigenvalue weighted by molar-refractivity contribution is 0.301. The average molecular weight is 299 g/mol. The Kier molecular flexibility index (Phi) is 4.67. The van der Waals surface area contributed by atoms with E-state index in [0.29, 0.717) is 12.5 Å². The zero-order valence-corrected chi connectivity index (χ0v) is 11.9. The highest BCUT2D eigenvalue weighted by molar-refractivity contribution is 6.30. The number of hydrogen-bond acceptors (Lipinski definition) is 1. The van der Waals surface area contributed by atoms with E-state index in [-0.39, 0.29) is 5.02 Å². The van der Waals surface area contributed by atoms with Crippen molar-refractivity contribution in [1.82, 2.24) is 0 Å². The second-order valence-electron chi connectivity index (χ2n) is 4.23. The molecule has 19 heavy (non-hydrogen) atoms. The molecule has 0 radical (unpaired) electrons. The van der Waals surface area contributed by atoms with Gasteiger partial charge in [0.25, 0.3) is 0 Å². The van der Waals surface area contributed by atoms with E-state index < -0.39 is 5.82 Å². The third kappa shape index (κ3) is 3.40. The quantitative estimate of drug-likeness (QED) is 0.713. The van der Waals surface area contributed by atoms with Gasteiger partial charge < -0.3 is 4.74 Å². The van der Waals surface area contributed by atoms with Gasteiger partial charge in [0, 0.05) is 5.56 Å². The van der Waals surface area contributed by atoms with Gasteiger partial charge in [-0.1, -0.05) is 35.9 Å². The van der Waals surface area contributed by atoms with E-state index in [9.17, 15) is 4.39 Å². The summed E-state index contributed by atoms with van der Waals surface area (Å²) >= 11 is 11.6. The fourth-order valence-corrected chi connectivity index (χ4v) is 2.22. The molecule has 2 aromatic rings. The van der Waals surface area contributed by atoms with Crippen LogP contribution in [0.2, 0.25) is 5.02 Å². The summed E-state index contributed by atoms with van der Waals surface area (Å²) in [6.45, 7) is 2.29. The molecule has 0 aliphatic rings. The molecule has 0 amide bonds. The van der Waals surface area contributed by atoms with Crippen LogP contribution in [0.3, 0.4) is 0 Å². The first-order chi connectivity index (χ1) is 9.11. The zero-order chi connectivity index (χ0) is 13.8. The van der Waals surface area contributed by atoms with Crippen LogP contribution in [0.1, 0.15) is 16.7 Å². The summed E-state index contributed by atoms with van der Waals surface area (Å²) in [7, 11) is 0. The van der Waals surface area contributed by atoms with E-state index in [1.165, 1.54) is 6.07 Å². The monoisotopic (exact) mass is 298 g/mol. The second-order valence-corrected chi connectivity index (χ2v) is 4.91. The SMILES string of the molecule is Cc1cccc(CCl)c1OCc1ccc(F)c(Cl)c1. The lowest BCUT2D eigenvalue weighted by Crippen LogP contribution is -2.00. The molecule has 100 valence electrons. The Labute approximate surface area is 121 Å².